The van der Waals surface area contributed by atoms with E-state index in [1.54, 1.807) is 22.8 Å². The number of rotatable bonds is 6. The molecule has 12 heteroatoms. The summed E-state index contributed by atoms with van der Waals surface area (Å²) in [5, 5.41) is 13.5. The molecule has 3 amide bonds. The first-order valence-electron chi connectivity index (χ1n) is 11.8. The summed E-state index contributed by atoms with van der Waals surface area (Å²) >= 11 is 0. The standard InChI is InChI=1S/C23H34N6O6/c1-15(2)19(25-22(32)35-5)20(30)28-10-6-9-23(28,4)21(31)26-11-12-27(16(3)14-26)18-8-7-17(13-24-18)29(33)34/h7-8,13,15-16,19H,6,9-12,14H2,1-5H3,(H,25,32)/t16?,19-,23?/m0/s1. The van der Waals surface area contributed by atoms with Crippen molar-refractivity contribution in [3.63, 3.8) is 0 Å². The quantitative estimate of drug-likeness (QED) is 0.470. The van der Waals surface area contributed by atoms with Crippen molar-refractivity contribution < 1.29 is 24.0 Å². The Morgan fingerprint density at radius 3 is 2.51 bits per heavy atom. The van der Waals surface area contributed by atoms with Crippen LogP contribution < -0.4 is 10.2 Å². The molecular formula is C23H34N6O6. The maximum absolute atomic E-state index is 13.7. The number of anilines is 1. The van der Waals surface area contributed by atoms with Crippen molar-refractivity contribution >= 4 is 29.4 Å². The van der Waals surface area contributed by atoms with Crippen LogP contribution in [0.15, 0.2) is 18.3 Å². The van der Waals surface area contributed by atoms with E-state index in [4.69, 9.17) is 0 Å². The van der Waals surface area contributed by atoms with Crippen LogP contribution in [0.5, 0.6) is 0 Å². The van der Waals surface area contributed by atoms with Gasteiger partial charge < -0.3 is 24.8 Å². The molecule has 0 saturated carbocycles. The summed E-state index contributed by atoms with van der Waals surface area (Å²) in [6.45, 7) is 9.26. The highest BCUT2D eigenvalue weighted by Gasteiger charge is 2.50. The normalized spacial score (nSPS) is 23.3. The largest absolute Gasteiger partial charge is 0.453 e. The predicted molar refractivity (Wildman–Crippen MR) is 128 cm³/mol. The molecule has 2 unspecified atom stereocenters. The Kier molecular flexibility index (Phi) is 7.81. The van der Waals surface area contributed by atoms with Gasteiger partial charge in [0, 0.05) is 38.3 Å². The van der Waals surface area contributed by atoms with E-state index >= 15 is 0 Å². The number of likely N-dealkylation sites (tertiary alicyclic amines) is 1. The van der Waals surface area contributed by atoms with Crippen LogP contribution in [0.4, 0.5) is 16.3 Å². The van der Waals surface area contributed by atoms with E-state index in [2.05, 4.69) is 15.0 Å². The molecule has 0 bridgehead atoms. The van der Waals surface area contributed by atoms with Crippen LogP contribution in [0, 0.1) is 16.0 Å². The molecule has 2 aliphatic heterocycles. The average molecular weight is 491 g/mol. The van der Waals surface area contributed by atoms with Crippen LogP contribution in [-0.2, 0) is 14.3 Å². The summed E-state index contributed by atoms with van der Waals surface area (Å²) in [5.74, 6) is 0.0275. The lowest BCUT2D eigenvalue weighted by atomic mass is 9.93. The van der Waals surface area contributed by atoms with Crippen LogP contribution in [0.2, 0.25) is 0 Å². The smallest absolute Gasteiger partial charge is 0.407 e. The maximum atomic E-state index is 13.7. The second kappa shape index (κ2) is 10.4. The van der Waals surface area contributed by atoms with Crippen LogP contribution in [-0.4, -0.2) is 88.5 Å². The number of alkyl carbamates (subject to hydrolysis) is 1. The third-order valence-electron chi connectivity index (χ3n) is 6.91. The number of ether oxygens (including phenoxy) is 1. The molecule has 0 radical (unpaired) electrons. The summed E-state index contributed by atoms with van der Waals surface area (Å²) in [6, 6.07) is 2.17. The minimum absolute atomic E-state index is 0.0692. The number of nitro groups is 1. The topological polar surface area (TPSA) is 138 Å². The fourth-order valence-corrected chi connectivity index (χ4v) is 4.89. The minimum Gasteiger partial charge on any atom is -0.453 e. The number of methoxy groups -OCH3 is 1. The van der Waals surface area contributed by atoms with E-state index in [1.807, 2.05) is 25.7 Å². The zero-order valence-corrected chi connectivity index (χ0v) is 20.9. The summed E-state index contributed by atoms with van der Waals surface area (Å²) in [4.78, 5) is 59.0. The Morgan fingerprint density at radius 1 is 1.26 bits per heavy atom. The molecule has 0 spiro atoms. The number of hydrogen-bond donors (Lipinski definition) is 1. The molecule has 35 heavy (non-hydrogen) atoms. The van der Waals surface area contributed by atoms with Crippen LogP contribution in [0.3, 0.4) is 0 Å². The lowest BCUT2D eigenvalue weighted by Gasteiger charge is -2.45. The first kappa shape index (κ1) is 26.2. The highest BCUT2D eigenvalue weighted by molar-refractivity contribution is 5.94. The van der Waals surface area contributed by atoms with Gasteiger partial charge in [-0.05, 0) is 38.7 Å². The van der Waals surface area contributed by atoms with Crippen LogP contribution >= 0.6 is 0 Å². The number of carbonyl (C=O) groups excluding carboxylic acids is 3. The Bertz CT molecular complexity index is 970. The van der Waals surface area contributed by atoms with E-state index in [-0.39, 0.29) is 29.5 Å². The lowest BCUT2D eigenvalue weighted by molar-refractivity contribution is -0.385. The number of piperazine rings is 1. The van der Waals surface area contributed by atoms with Gasteiger partial charge in [0.1, 0.15) is 23.6 Å². The van der Waals surface area contributed by atoms with Gasteiger partial charge in [-0.3, -0.25) is 19.7 Å². The third kappa shape index (κ3) is 5.30. The van der Waals surface area contributed by atoms with Crippen LogP contribution in [0.25, 0.3) is 0 Å². The van der Waals surface area contributed by atoms with Crippen molar-refractivity contribution in [1.29, 1.82) is 0 Å². The molecule has 1 aromatic rings. The number of hydrogen-bond acceptors (Lipinski definition) is 8. The van der Waals surface area contributed by atoms with Crippen molar-refractivity contribution in [2.24, 2.45) is 5.92 Å². The number of amides is 3. The van der Waals surface area contributed by atoms with Crippen LogP contribution in [0.1, 0.15) is 40.5 Å². The molecule has 12 nitrogen and oxygen atoms in total. The number of pyridine rings is 1. The van der Waals surface area contributed by atoms with Crippen molar-refractivity contribution in [2.45, 2.75) is 58.2 Å². The van der Waals surface area contributed by atoms with E-state index in [0.29, 0.717) is 44.8 Å². The van der Waals surface area contributed by atoms with Gasteiger partial charge in [0.15, 0.2) is 0 Å². The summed E-state index contributed by atoms with van der Waals surface area (Å²) in [5.41, 5.74) is -1.08. The van der Waals surface area contributed by atoms with Crippen molar-refractivity contribution in [3.05, 3.63) is 28.4 Å². The van der Waals surface area contributed by atoms with Gasteiger partial charge in [-0.1, -0.05) is 13.8 Å². The summed E-state index contributed by atoms with van der Waals surface area (Å²) < 4.78 is 4.68. The van der Waals surface area contributed by atoms with Gasteiger partial charge in [-0.2, -0.15) is 0 Å². The molecule has 0 aliphatic carbocycles. The Labute approximate surface area is 204 Å². The predicted octanol–water partition coefficient (Wildman–Crippen LogP) is 1.79. The van der Waals surface area contributed by atoms with Gasteiger partial charge in [0.25, 0.3) is 5.69 Å². The van der Waals surface area contributed by atoms with Gasteiger partial charge in [-0.25, -0.2) is 9.78 Å². The van der Waals surface area contributed by atoms with E-state index in [1.165, 1.54) is 19.4 Å². The van der Waals surface area contributed by atoms with Crippen molar-refractivity contribution in [3.8, 4) is 0 Å². The number of carbonyl (C=O) groups is 3. The molecule has 2 fully saturated rings. The monoisotopic (exact) mass is 490 g/mol. The Balaban J connectivity index is 1.72. The minimum atomic E-state index is -1.00. The van der Waals surface area contributed by atoms with Gasteiger partial charge in [0.05, 0.1) is 12.0 Å². The zero-order chi connectivity index (χ0) is 25.9. The fraction of sp³-hybridized carbons (Fsp3) is 0.652. The first-order chi connectivity index (χ1) is 16.5. The molecule has 0 aromatic carbocycles. The second-order valence-corrected chi connectivity index (χ2v) is 9.65. The molecule has 2 saturated heterocycles. The molecule has 192 valence electrons. The number of nitrogens with zero attached hydrogens (tertiary/aromatic N) is 5. The molecule has 3 atom stereocenters. The molecule has 1 N–H and O–H groups in total. The molecule has 1 aromatic heterocycles. The SMILES string of the molecule is COC(=O)N[C@H](C(=O)N1CCCC1(C)C(=O)N1CCN(c2ccc([N+](=O)[O-])cn2)C(C)C1)C(C)C. The average Bonchev–Trinajstić information content (AvgIpc) is 3.23. The Hall–Kier alpha value is -3.44. The van der Waals surface area contributed by atoms with Gasteiger partial charge in [0.2, 0.25) is 11.8 Å². The molecule has 3 heterocycles. The second-order valence-electron chi connectivity index (χ2n) is 9.65. The molecular weight excluding hydrogens is 456 g/mol. The third-order valence-corrected chi connectivity index (χ3v) is 6.91. The highest BCUT2D eigenvalue weighted by Crippen LogP contribution is 2.33. The van der Waals surface area contributed by atoms with Crippen molar-refractivity contribution in [1.82, 2.24) is 20.1 Å². The van der Waals surface area contributed by atoms with E-state index in [0.717, 1.165) is 0 Å². The first-order valence-corrected chi connectivity index (χ1v) is 11.8. The number of aromatic nitrogens is 1. The van der Waals surface area contributed by atoms with Crippen molar-refractivity contribution in [2.75, 3.05) is 38.2 Å². The molecule has 2 aliphatic rings. The Morgan fingerprint density at radius 2 is 1.97 bits per heavy atom. The van der Waals surface area contributed by atoms with Gasteiger partial charge >= 0.3 is 6.09 Å². The maximum Gasteiger partial charge on any atom is 0.407 e. The zero-order valence-electron chi connectivity index (χ0n) is 20.9. The lowest BCUT2D eigenvalue weighted by Crippen LogP contribution is -2.64. The molecule has 3 rings (SSSR count). The fourth-order valence-electron chi connectivity index (χ4n) is 4.89. The summed E-state index contributed by atoms with van der Waals surface area (Å²) in [7, 11) is 1.24. The van der Waals surface area contributed by atoms with Gasteiger partial charge in [-0.15, -0.1) is 0 Å². The van der Waals surface area contributed by atoms with E-state index < -0.39 is 22.6 Å². The highest BCUT2D eigenvalue weighted by atomic mass is 16.6. The summed E-state index contributed by atoms with van der Waals surface area (Å²) in [6.07, 6.45) is 1.78. The number of nitrogens with one attached hydrogen (secondary N) is 1. The van der Waals surface area contributed by atoms with E-state index in [9.17, 15) is 24.5 Å².